The van der Waals surface area contributed by atoms with Crippen LogP contribution in [0.25, 0.3) is 4.85 Å². The van der Waals surface area contributed by atoms with Gasteiger partial charge in [-0.3, -0.25) is 14.4 Å². The fraction of sp³-hybridized carbons (Fsp3) is 0.745. The molecule has 4 fully saturated rings. The zero-order valence-electron chi connectivity index (χ0n) is 35.6. The van der Waals surface area contributed by atoms with Crippen molar-refractivity contribution in [2.24, 2.45) is 47.3 Å². The molecule has 5 aliphatic rings. The van der Waals surface area contributed by atoms with E-state index in [1.165, 1.54) is 108 Å². The van der Waals surface area contributed by atoms with Crippen molar-refractivity contribution in [1.29, 1.82) is 0 Å². The summed E-state index contributed by atoms with van der Waals surface area (Å²) >= 11 is 2.63. The molecule has 6 rings (SSSR count). The predicted molar refractivity (Wildman–Crippen MR) is 228 cm³/mol. The molecule has 0 unspecified atom stereocenters. The minimum atomic E-state index is -0.956. The SMILES string of the molecule is CCC1CCC(C2CCC(C(=O)OC)CC2)CC1.[C-]#[N+]/C(C(=O)OCCC(C)(C)O)=C1\Sc2c(C)ccc(OC(=O)C3CCC(C4CCC(CC)CC4)CC3)c2S1. The van der Waals surface area contributed by atoms with Gasteiger partial charge in [0.15, 0.2) is 0 Å². The van der Waals surface area contributed by atoms with Gasteiger partial charge >= 0.3 is 17.9 Å². The summed E-state index contributed by atoms with van der Waals surface area (Å²) in [6, 6.07) is 3.74. The maximum absolute atomic E-state index is 13.2. The summed E-state index contributed by atoms with van der Waals surface area (Å²) < 4.78 is 16.6. The minimum absolute atomic E-state index is 0.0168. The minimum Gasteiger partial charge on any atom is -0.470 e. The molecule has 0 spiro atoms. The average molecular weight is 824 g/mol. The topological polar surface area (TPSA) is 103 Å². The molecular weight excluding hydrogens is 755 g/mol. The molecule has 1 aromatic rings. The Kier molecular flexibility index (Phi) is 17.3. The Hall–Kier alpha value is -2.48. The molecule has 1 aliphatic heterocycles. The van der Waals surface area contributed by atoms with Crippen LogP contribution in [0.2, 0.25) is 0 Å². The van der Waals surface area contributed by atoms with Crippen molar-refractivity contribution in [2.75, 3.05) is 13.7 Å². The summed E-state index contributed by atoms with van der Waals surface area (Å²) in [7, 11) is 1.51. The van der Waals surface area contributed by atoms with Crippen molar-refractivity contribution in [3.8, 4) is 5.75 Å². The third-order valence-corrected chi connectivity index (χ3v) is 16.7. The van der Waals surface area contributed by atoms with Crippen molar-refractivity contribution < 1.29 is 33.7 Å². The lowest BCUT2D eigenvalue weighted by Crippen LogP contribution is -2.30. The number of aliphatic hydroxyl groups is 1. The second kappa shape index (κ2) is 21.7. The number of hydrogen-bond donors (Lipinski definition) is 1. The maximum atomic E-state index is 13.2. The second-order valence-corrected chi connectivity index (χ2v) is 20.5. The molecule has 0 amide bonds. The van der Waals surface area contributed by atoms with Crippen molar-refractivity contribution in [3.05, 3.63) is 39.0 Å². The molecule has 1 heterocycles. The van der Waals surface area contributed by atoms with Gasteiger partial charge in [0.2, 0.25) is 0 Å². The van der Waals surface area contributed by atoms with E-state index < -0.39 is 11.6 Å². The number of thioether (sulfide) groups is 2. The van der Waals surface area contributed by atoms with E-state index in [-0.39, 0.29) is 42.5 Å². The first-order valence-electron chi connectivity index (χ1n) is 22.1. The van der Waals surface area contributed by atoms with Crippen LogP contribution in [0.4, 0.5) is 0 Å². The van der Waals surface area contributed by atoms with Crippen LogP contribution in [0.15, 0.2) is 31.9 Å². The molecule has 0 bridgehead atoms. The quantitative estimate of drug-likeness (QED) is 0.101. The molecule has 1 N–H and O–H groups in total. The van der Waals surface area contributed by atoms with Crippen LogP contribution in [0.3, 0.4) is 0 Å². The highest BCUT2D eigenvalue weighted by Gasteiger charge is 2.36. The van der Waals surface area contributed by atoms with E-state index in [9.17, 15) is 19.5 Å². The summed E-state index contributed by atoms with van der Waals surface area (Å²) in [6.07, 6.45) is 22.7. The number of esters is 3. The zero-order valence-corrected chi connectivity index (χ0v) is 37.2. The highest BCUT2D eigenvalue weighted by atomic mass is 32.2. The fourth-order valence-electron chi connectivity index (χ4n) is 10.0. The summed E-state index contributed by atoms with van der Waals surface area (Å²) in [5.41, 5.74) is -0.0440. The Morgan fingerprint density at radius 1 is 0.737 bits per heavy atom. The van der Waals surface area contributed by atoms with Gasteiger partial charge in [0, 0.05) is 11.3 Å². The first kappa shape index (κ1) is 45.6. The Labute approximate surface area is 351 Å². The molecule has 0 aromatic heterocycles. The van der Waals surface area contributed by atoms with Crippen molar-refractivity contribution in [1.82, 2.24) is 0 Å². The molecule has 0 radical (unpaired) electrons. The van der Waals surface area contributed by atoms with Crippen molar-refractivity contribution in [3.63, 3.8) is 0 Å². The number of benzene rings is 1. The Balaban J connectivity index is 0.000000287. The summed E-state index contributed by atoms with van der Waals surface area (Å²) in [5.74, 6) is 5.06. The number of nitrogens with zero attached hydrogens (tertiary/aromatic N) is 1. The summed E-state index contributed by atoms with van der Waals surface area (Å²) in [4.78, 5) is 42.5. The van der Waals surface area contributed by atoms with E-state index in [1.54, 1.807) is 13.8 Å². The predicted octanol–water partition coefficient (Wildman–Crippen LogP) is 12.1. The van der Waals surface area contributed by atoms with E-state index in [2.05, 4.69) is 18.7 Å². The molecule has 8 nitrogen and oxygen atoms in total. The van der Waals surface area contributed by atoms with Crippen LogP contribution in [-0.4, -0.2) is 42.3 Å². The van der Waals surface area contributed by atoms with Gasteiger partial charge in [-0.05, 0) is 145 Å². The van der Waals surface area contributed by atoms with Crippen LogP contribution in [0.5, 0.6) is 5.75 Å². The Morgan fingerprint density at radius 3 is 1.63 bits per heavy atom. The number of methoxy groups -OCH3 is 1. The molecule has 0 saturated heterocycles. The number of aryl methyl sites for hydroxylation is 1. The monoisotopic (exact) mass is 823 g/mol. The van der Waals surface area contributed by atoms with Gasteiger partial charge in [0.1, 0.15) is 5.75 Å². The lowest BCUT2D eigenvalue weighted by atomic mass is 9.69. The van der Waals surface area contributed by atoms with Crippen LogP contribution >= 0.6 is 23.5 Å². The number of carbonyl (C=O) groups is 3. The third-order valence-electron chi connectivity index (χ3n) is 14.0. The van der Waals surface area contributed by atoms with Gasteiger partial charge in [-0.2, -0.15) is 0 Å². The average Bonchev–Trinajstić information content (AvgIpc) is 3.68. The molecule has 316 valence electrons. The highest BCUT2D eigenvalue weighted by molar-refractivity contribution is 8.24. The standard InChI is InChI=1S/C31H41NO5S2.C16H28O2/c1-6-20-8-10-21(11-9-20)22-12-14-23(15-13-22)28(33)37-24-16-7-19(2)26-27(24)39-30(38-26)25(32-5)29(34)36-18-17-31(3,4)35;1-3-12-4-6-13(7-5-12)14-8-10-15(11-9-14)16(17)18-2/h7,16,20-23,35H,6,8-15,17-18H2,1-4H3;12-15H,3-11H2,1-2H3/b30-25+;. The second-order valence-electron chi connectivity index (χ2n) is 18.2. The molecule has 57 heavy (non-hydrogen) atoms. The fourth-order valence-corrected chi connectivity index (χ4v) is 12.7. The molecule has 4 aliphatic carbocycles. The molecule has 4 saturated carbocycles. The zero-order chi connectivity index (χ0) is 41.1. The van der Waals surface area contributed by atoms with Crippen LogP contribution in [0.1, 0.15) is 155 Å². The molecule has 0 atom stereocenters. The molecule has 1 aromatic carbocycles. The van der Waals surface area contributed by atoms with E-state index in [0.29, 0.717) is 9.99 Å². The van der Waals surface area contributed by atoms with Gasteiger partial charge in [-0.15, -0.1) is 0 Å². The number of rotatable bonds is 11. The molecule has 10 heteroatoms. The van der Waals surface area contributed by atoms with Gasteiger partial charge in [0.25, 0.3) is 5.70 Å². The maximum Gasteiger partial charge on any atom is 0.338 e. The number of fused-ring (bicyclic) bond motifs is 1. The smallest absolute Gasteiger partial charge is 0.338 e. The van der Waals surface area contributed by atoms with Crippen LogP contribution in [0, 0.1) is 60.8 Å². The van der Waals surface area contributed by atoms with E-state index in [4.69, 9.17) is 20.8 Å². The third kappa shape index (κ3) is 12.8. The van der Waals surface area contributed by atoms with Gasteiger partial charge in [0.05, 0.1) is 46.9 Å². The first-order chi connectivity index (χ1) is 27.3. The molecular formula is C47H69NO7S2. The lowest BCUT2D eigenvalue weighted by Gasteiger charge is -2.37. The number of carbonyl (C=O) groups excluding carboxylic acids is 3. The first-order valence-corrected chi connectivity index (χ1v) is 23.8. The summed E-state index contributed by atoms with van der Waals surface area (Å²) in [6.45, 7) is 17.5. The van der Waals surface area contributed by atoms with Gasteiger partial charge in [-0.25, -0.2) is 4.85 Å². The normalized spacial score (nSPS) is 29.8. The van der Waals surface area contributed by atoms with E-state index in [1.807, 2.05) is 19.1 Å². The van der Waals surface area contributed by atoms with Gasteiger partial charge in [-0.1, -0.05) is 82.0 Å². The van der Waals surface area contributed by atoms with Crippen LogP contribution < -0.4 is 4.74 Å². The van der Waals surface area contributed by atoms with Crippen molar-refractivity contribution >= 4 is 41.4 Å². The Morgan fingerprint density at radius 2 is 1.19 bits per heavy atom. The highest BCUT2D eigenvalue weighted by Crippen LogP contribution is 2.57. The Bertz CT molecular complexity index is 1580. The summed E-state index contributed by atoms with van der Waals surface area (Å²) in [5, 5.41) is 9.86. The number of hydrogen-bond acceptors (Lipinski definition) is 9. The van der Waals surface area contributed by atoms with Gasteiger partial charge < -0.3 is 19.3 Å². The van der Waals surface area contributed by atoms with Crippen molar-refractivity contribution in [2.45, 2.75) is 172 Å². The van der Waals surface area contributed by atoms with E-state index >= 15 is 0 Å². The van der Waals surface area contributed by atoms with E-state index in [0.717, 1.165) is 89.4 Å². The number of ether oxygens (including phenoxy) is 3. The lowest BCUT2D eigenvalue weighted by molar-refractivity contribution is -0.147. The van der Waals surface area contributed by atoms with Crippen LogP contribution in [-0.2, 0) is 23.9 Å². The largest absolute Gasteiger partial charge is 0.470 e.